The van der Waals surface area contributed by atoms with Gasteiger partial charge in [-0.1, -0.05) is 30.3 Å². The molecule has 1 amide bonds. The van der Waals surface area contributed by atoms with Gasteiger partial charge in [0.1, 0.15) is 0 Å². The predicted molar refractivity (Wildman–Crippen MR) is 95.5 cm³/mol. The molecule has 0 saturated heterocycles. The molecule has 3 aromatic rings. The average Bonchev–Trinajstić information content (AvgIpc) is 2.91. The third kappa shape index (κ3) is 3.75. The Labute approximate surface area is 139 Å². The van der Waals surface area contributed by atoms with E-state index in [9.17, 15) is 13.2 Å². The number of aromatic nitrogens is 1. The van der Waals surface area contributed by atoms with Crippen molar-refractivity contribution in [1.82, 2.24) is 4.98 Å². The van der Waals surface area contributed by atoms with Crippen LogP contribution in [0, 0.1) is 0 Å². The molecular weight excluding hydrogens is 326 g/mol. The minimum Gasteiger partial charge on any atom is -0.361 e. The monoisotopic (exact) mass is 343 g/mol. The summed E-state index contributed by atoms with van der Waals surface area (Å²) in [5, 5.41) is 3.75. The Bertz CT molecular complexity index is 993. The Hall–Kier alpha value is -2.80. The summed E-state index contributed by atoms with van der Waals surface area (Å²) in [6.07, 6.45) is 3.07. The molecule has 1 heterocycles. The molecule has 6 nitrogen and oxygen atoms in total. The number of nitrogens with one attached hydrogen (secondary N) is 3. The van der Waals surface area contributed by atoms with Gasteiger partial charge in [0.15, 0.2) is 0 Å². The van der Waals surface area contributed by atoms with Gasteiger partial charge >= 0.3 is 0 Å². The zero-order valence-corrected chi connectivity index (χ0v) is 13.9. The first-order valence-corrected chi connectivity index (χ1v) is 9.23. The molecule has 0 bridgehead atoms. The van der Waals surface area contributed by atoms with Crippen LogP contribution in [-0.2, 0) is 21.2 Å². The summed E-state index contributed by atoms with van der Waals surface area (Å²) in [6.45, 7) is 0. The Morgan fingerprint density at radius 3 is 2.46 bits per heavy atom. The third-order valence-corrected chi connectivity index (χ3v) is 4.11. The molecule has 3 N–H and O–H groups in total. The van der Waals surface area contributed by atoms with Crippen LogP contribution in [0.25, 0.3) is 10.9 Å². The van der Waals surface area contributed by atoms with Gasteiger partial charge in [-0.05, 0) is 23.8 Å². The zero-order chi connectivity index (χ0) is 17.2. The van der Waals surface area contributed by atoms with Crippen molar-refractivity contribution in [2.24, 2.45) is 0 Å². The van der Waals surface area contributed by atoms with Crippen LogP contribution in [-0.4, -0.2) is 25.6 Å². The Kier molecular flexibility index (Phi) is 4.26. The number of benzene rings is 2. The van der Waals surface area contributed by atoms with E-state index >= 15 is 0 Å². The molecular formula is C17H17N3O3S. The van der Waals surface area contributed by atoms with Crippen LogP contribution >= 0.6 is 0 Å². The highest BCUT2D eigenvalue weighted by Crippen LogP contribution is 2.23. The number of aromatic amines is 1. The molecule has 0 saturated carbocycles. The van der Waals surface area contributed by atoms with Gasteiger partial charge in [0, 0.05) is 17.1 Å². The van der Waals surface area contributed by atoms with Gasteiger partial charge in [0.05, 0.1) is 24.1 Å². The first-order valence-electron chi connectivity index (χ1n) is 7.34. The number of rotatable bonds is 5. The van der Waals surface area contributed by atoms with E-state index in [1.807, 2.05) is 30.5 Å². The van der Waals surface area contributed by atoms with Crippen LogP contribution in [0.5, 0.6) is 0 Å². The lowest BCUT2D eigenvalue weighted by atomic mass is 10.1. The first kappa shape index (κ1) is 16.1. The van der Waals surface area contributed by atoms with E-state index in [1.54, 1.807) is 24.3 Å². The van der Waals surface area contributed by atoms with E-state index in [-0.39, 0.29) is 12.3 Å². The van der Waals surface area contributed by atoms with Crippen LogP contribution < -0.4 is 10.0 Å². The highest BCUT2D eigenvalue weighted by Gasteiger charge is 2.12. The molecule has 7 heteroatoms. The lowest BCUT2D eigenvalue weighted by Crippen LogP contribution is -2.17. The zero-order valence-electron chi connectivity index (χ0n) is 13.0. The number of fused-ring (bicyclic) bond motifs is 1. The van der Waals surface area contributed by atoms with Gasteiger partial charge in [-0.3, -0.25) is 9.52 Å². The minimum atomic E-state index is -3.42. The fourth-order valence-corrected chi connectivity index (χ4v) is 3.10. The van der Waals surface area contributed by atoms with Gasteiger partial charge in [0.2, 0.25) is 15.9 Å². The van der Waals surface area contributed by atoms with Gasteiger partial charge in [-0.2, -0.15) is 0 Å². The maximum Gasteiger partial charge on any atom is 0.229 e. The molecule has 2 aromatic carbocycles. The summed E-state index contributed by atoms with van der Waals surface area (Å²) in [5.74, 6) is -0.220. The van der Waals surface area contributed by atoms with Crippen molar-refractivity contribution in [2.45, 2.75) is 6.42 Å². The molecule has 0 aliphatic rings. The van der Waals surface area contributed by atoms with Crippen molar-refractivity contribution in [3.63, 3.8) is 0 Å². The van der Waals surface area contributed by atoms with Crippen molar-refractivity contribution in [1.29, 1.82) is 0 Å². The van der Waals surface area contributed by atoms with E-state index in [0.717, 1.165) is 22.7 Å². The Balaban J connectivity index is 1.78. The van der Waals surface area contributed by atoms with Crippen molar-refractivity contribution in [3.8, 4) is 0 Å². The summed E-state index contributed by atoms with van der Waals surface area (Å²) in [4.78, 5) is 15.5. The molecule has 124 valence electrons. The van der Waals surface area contributed by atoms with E-state index in [4.69, 9.17) is 0 Å². The Morgan fingerprint density at radius 1 is 1.04 bits per heavy atom. The average molecular weight is 343 g/mol. The number of H-pyrrole nitrogens is 1. The van der Waals surface area contributed by atoms with Crippen LogP contribution in [0.2, 0.25) is 0 Å². The summed E-state index contributed by atoms with van der Waals surface area (Å²) in [5.41, 5.74) is 2.62. The van der Waals surface area contributed by atoms with Gasteiger partial charge in [-0.15, -0.1) is 0 Å². The first-order chi connectivity index (χ1) is 11.4. The van der Waals surface area contributed by atoms with Gasteiger partial charge in [0.25, 0.3) is 0 Å². The number of para-hydroxylation sites is 3. The number of hydrogen-bond donors (Lipinski definition) is 3. The molecule has 0 unspecified atom stereocenters. The van der Waals surface area contributed by atoms with E-state index < -0.39 is 10.0 Å². The van der Waals surface area contributed by atoms with Crippen LogP contribution in [0.1, 0.15) is 5.56 Å². The standard InChI is InChI=1S/C17H17N3O3S/c1-24(22,23)20-16-9-5-4-8-15(16)19-17(21)10-12-11-18-14-7-3-2-6-13(12)14/h2-9,11,18,20H,10H2,1H3,(H,19,21). The van der Waals surface area contributed by atoms with Crippen LogP contribution in [0.3, 0.4) is 0 Å². The molecule has 0 atom stereocenters. The van der Waals surface area contributed by atoms with E-state index in [2.05, 4.69) is 15.0 Å². The minimum absolute atomic E-state index is 0.192. The second kappa shape index (κ2) is 6.37. The van der Waals surface area contributed by atoms with E-state index in [1.165, 1.54) is 0 Å². The summed E-state index contributed by atoms with van der Waals surface area (Å²) in [6, 6.07) is 14.4. The van der Waals surface area contributed by atoms with Gasteiger partial charge in [-0.25, -0.2) is 8.42 Å². The molecule has 0 aliphatic heterocycles. The lowest BCUT2D eigenvalue weighted by molar-refractivity contribution is -0.115. The second-order valence-corrected chi connectivity index (χ2v) is 7.25. The molecule has 3 rings (SSSR count). The number of amides is 1. The number of carbonyl (C=O) groups excluding carboxylic acids is 1. The number of sulfonamides is 1. The fourth-order valence-electron chi connectivity index (χ4n) is 2.53. The van der Waals surface area contributed by atoms with Crippen LogP contribution in [0.15, 0.2) is 54.7 Å². The molecule has 0 radical (unpaired) electrons. The van der Waals surface area contributed by atoms with Gasteiger partial charge < -0.3 is 10.3 Å². The van der Waals surface area contributed by atoms with E-state index in [0.29, 0.717) is 11.4 Å². The fraction of sp³-hybridized carbons (Fsp3) is 0.118. The lowest BCUT2D eigenvalue weighted by Gasteiger charge is -2.11. The predicted octanol–water partition coefficient (Wildman–Crippen LogP) is 2.72. The van der Waals surface area contributed by atoms with Crippen molar-refractivity contribution in [2.75, 3.05) is 16.3 Å². The number of anilines is 2. The number of hydrogen-bond acceptors (Lipinski definition) is 3. The molecule has 0 spiro atoms. The molecule has 0 aliphatic carbocycles. The smallest absolute Gasteiger partial charge is 0.229 e. The third-order valence-electron chi connectivity index (χ3n) is 3.52. The largest absolute Gasteiger partial charge is 0.361 e. The molecule has 24 heavy (non-hydrogen) atoms. The normalized spacial score (nSPS) is 11.4. The highest BCUT2D eigenvalue weighted by molar-refractivity contribution is 7.92. The van der Waals surface area contributed by atoms with Crippen molar-refractivity contribution < 1.29 is 13.2 Å². The quantitative estimate of drug-likeness (QED) is 0.665. The van der Waals surface area contributed by atoms with Crippen molar-refractivity contribution >= 4 is 38.2 Å². The molecule has 0 fully saturated rings. The number of carbonyl (C=O) groups is 1. The second-order valence-electron chi connectivity index (χ2n) is 5.50. The van der Waals surface area contributed by atoms with Crippen LogP contribution in [0.4, 0.5) is 11.4 Å². The Morgan fingerprint density at radius 2 is 1.71 bits per heavy atom. The topological polar surface area (TPSA) is 91.1 Å². The summed E-state index contributed by atoms with van der Waals surface area (Å²) >= 11 is 0. The maximum absolute atomic E-state index is 12.3. The summed E-state index contributed by atoms with van der Waals surface area (Å²) < 4.78 is 25.2. The SMILES string of the molecule is CS(=O)(=O)Nc1ccccc1NC(=O)Cc1c[nH]c2ccccc12. The maximum atomic E-state index is 12.3. The van der Waals surface area contributed by atoms with Crippen molar-refractivity contribution in [3.05, 3.63) is 60.3 Å². The molecule has 1 aromatic heterocycles. The summed E-state index contributed by atoms with van der Waals surface area (Å²) in [7, 11) is -3.42. The highest BCUT2D eigenvalue weighted by atomic mass is 32.2.